The largest absolute Gasteiger partial charge is 0.0622 e. The van der Waals surface area contributed by atoms with Crippen molar-refractivity contribution in [1.82, 2.24) is 0 Å². The van der Waals surface area contributed by atoms with Crippen molar-refractivity contribution in [3.8, 4) is 66.8 Å². The third-order valence-electron chi connectivity index (χ3n) is 12.8. The van der Waals surface area contributed by atoms with Crippen molar-refractivity contribution in [2.45, 2.75) is 13.8 Å². The van der Waals surface area contributed by atoms with E-state index in [4.69, 9.17) is 0 Å². The Hall–Kier alpha value is -7.28. The van der Waals surface area contributed by atoms with Gasteiger partial charge in [0.25, 0.3) is 0 Å². The first-order chi connectivity index (χ1) is 28.6. The molecule has 0 unspecified atom stereocenters. The molecule has 0 heteroatoms. The number of hydrogen-bond donors (Lipinski definition) is 0. The molecule has 1 aliphatic rings. The highest BCUT2D eigenvalue weighted by Crippen LogP contribution is 2.59. The van der Waals surface area contributed by atoms with E-state index < -0.39 is 0 Å². The smallest absolute Gasteiger partial charge is 0.000719 e. The van der Waals surface area contributed by atoms with Crippen molar-refractivity contribution in [2.24, 2.45) is 0 Å². The molecule has 270 valence electrons. The van der Waals surface area contributed by atoms with Gasteiger partial charge in [0.1, 0.15) is 0 Å². The van der Waals surface area contributed by atoms with E-state index in [1.165, 1.54) is 132 Å². The quantitative estimate of drug-likeness (QED) is 0.158. The SMILES string of the molecule is Cc1cccc(C)c1-c1ccc2c(-c3ccccc3)c3c(c(-c4ccccc4)c2c1)-c1cccc2c1c-3cc1c3ccccc3c(-c3cccc4ccccc34)cc21. The minimum atomic E-state index is 1.24. The maximum absolute atomic E-state index is 2.53. The van der Waals surface area contributed by atoms with Crippen molar-refractivity contribution >= 4 is 53.9 Å². The van der Waals surface area contributed by atoms with Gasteiger partial charge in [0.15, 0.2) is 0 Å². The predicted octanol–water partition coefficient (Wildman–Crippen LogP) is 16.4. The zero-order valence-corrected chi connectivity index (χ0v) is 32.5. The summed E-state index contributed by atoms with van der Waals surface area (Å²) in [5.74, 6) is 0. The Bertz CT molecular complexity index is 3470. The summed E-state index contributed by atoms with van der Waals surface area (Å²) in [6.07, 6.45) is 0. The molecule has 0 heterocycles. The van der Waals surface area contributed by atoms with Crippen molar-refractivity contribution < 1.29 is 0 Å². The molecule has 0 nitrogen and oxygen atoms in total. The van der Waals surface area contributed by atoms with E-state index >= 15 is 0 Å². The van der Waals surface area contributed by atoms with Crippen LogP contribution in [0.3, 0.4) is 0 Å². The van der Waals surface area contributed by atoms with Gasteiger partial charge in [-0.25, -0.2) is 0 Å². The number of hydrogen-bond acceptors (Lipinski definition) is 0. The Kier molecular flexibility index (Phi) is 7.16. The lowest BCUT2D eigenvalue weighted by Gasteiger charge is -2.22. The highest BCUT2D eigenvalue weighted by molar-refractivity contribution is 6.33. The second-order valence-electron chi connectivity index (χ2n) is 16.0. The molecular formula is C58H38. The van der Waals surface area contributed by atoms with E-state index in [1.54, 1.807) is 0 Å². The summed E-state index contributed by atoms with van der Waals surface area (Å²) in [4.78, 5) is 0. The molecule has 0 bridgehead atoms. The Labute approximate surface area is 338 Å². The van der Waals surface area contributed by atoms with E-state index in [2.05, 4.69) is 208 Å². The zero-order valence-electron chi connectivity index (χ0n) is 32.5. The fourth-order valence-corrected chi connectivity index (χ4v) is 10.4. The van der Waals surface area contributed by atoms with E-state index in [-0.39, 0.29) is 0 Å². The van der Waals surface area contributed by atoms with E-state index in [9.17, 15) is 0 Å². The molecule has 11 aromatic carbocycles. The summed E-state index contributed by atoms with van der Waals surface area (Å²) in [7, 11) is 0. The van der Waals surface area contributed by atoms with Gasteiger partial charge in [0.05, 0.1) is 0 Å². The summed E-state index contributed by atoms with van der Waals surface area (Å²) in [5.41, 5.74) is 18.0. The average Bonchev–Trinajstić information content (AvgIpc) is 3.59. The minimum Gasteiger partial charge on any atom is -0.0622 e. The van der Waals surface area contributed by atoms with E-state index in [1.807, 2.05) is 0 Å². The Balaban J connectivity index is 1.26. The van der Waals surface area contributed by atoms with Crippen molar-refractivity contribution in [2.75, 3.05) is 0 Å². The molecule has 0 amide bonds. The maximum Gasteiger partial charge on any atom is -0.000719 e. The predicted molar refractivity (Wildman–Crippen MR) is 250 cm³/mol. The molecule has 12 rings (SSSR count). The number of rotatable bonds is 4. The van der Waals surface area contributed by atoms with E-state index in [0.29, 0.717) is 0 Å². The van der Waals surface area contributed by atoms with Crippen LogP contribution in [0.4, 0.5) is 0 Å². The molecule has 0 spiro atoms. The van der Waals surface area contributed by atoms with Gasteiger partial charge in [-0.15, -0.1) is 0 Å². The average molecular weight is 735 g/mol. The Morgan fingerprint density at radius 2 is 0.776 bits per heavy atom. The van der Waals surface area contributed by atoms with Crippen LogP contribution in [0.2, 0.25) is 0 Å². The maximum atomic E-state index is 2.53. The molecule has 11 aromatic rings. The molecule has 0 radical (unpaired) electrons. The monoisotopic (exact) mass is 734 g/mol. The number of aryl methyl sites for hydroxylation is 2. The van der Waals surface area contributed by atoms with Crippen LogP contribution < -0.4 is 0 Å². The van der Waals surface area contributed by atoms with Crippen LogP contribution in [-0.4, -0.2) is 0 Å². The van der Waals surface area contributed by atoms with Gasteiger partial charge in [0.2, 0.25) is 0 Å². The van der Waals surface area contributed by atoms with Gasteiger partial charge in [-0.05, 0) is 164 Å². The van der Waals surface area contributed by atoms with Crippen LogP contribution >= 0.6 is 0 Å². The molecule has 0 N–H and O–H groups in total. The summed E-state index contributed by atoms with van der Waals surface area (Å²) >= 11 is 0. The molecule has 0 saturated carbocycles. The molecule has 1 aliphatic carbocycles. The lowest BCUT2D eigenvalue weighted by atomic mass is 9.81. The topological polar surface area (TPSA) is 0 Å². The van der Waals surface area contributed by atoms with Gasteiger partial charge >= 0.3 is 0 Å². The van der Waals surface area contributed by atoms with Crippen LogP contribution in [0.1, 0.15) is 11.1 Å². The van der Waals surface area contributed by atoms with E-state index in [0.717, 1.165) is 0 Å². The van der Waals surface area contributed by atoms with Crippen molar-refractivity contribution in [3.05, 3.63) is 205 Å². The number of benzene rings is 11. The molecule has 0 aromatic heterocycles. The van der Waals surface area contributed by atoms with Crippen LogP contribution in [0.5, 0.6) is 0 Å². The molecule has 0 atom stereocenters. The van der Waals surface area contributed by atoms with Crippen molar-refractivity contribution in [1.29, 1.82) is 0 Å². The van der Waals surface area contributed by atoms with Crippen LogP contribution in [0.15, 0.2) is 194 Å². The minimum absolute atomic E-state index is 1.24. The summed E-state index contributed by atoms with van der Waals surface area (Å²) in [6, 6.07) is 72.6. The lowest BCUT2D eigenvalue weighted by molar-refractivity contribution is 1.38. The second-order valence-corrected chi connectivity index (χ2v) is 16.0. The van der Waals surface area contributed by atoms with Crippen LogP contribution in [0, 0.1) is 13.8 Å². The molecular weight excluding hydrogens is 697 g/mol. The first kappa shape index (κ1) is 32.9. The zero-order chi connectivity index (χ0) is 38.5. The second kappa shape index (κ2) is 12.6. The van der Waals surface area contributed by atoms with Crippen molar-refractivity contribution in [3.63, 3.8) is 0 Å². The number of fused-ring (bicyclic) bond motifs is 9. The van der Waals surface area contributed by atoms with Gasteiger partial charge in [0, 0.05) is 0 Å². The van der Waals surface area contributed by atoms with Gasteiger partial charge in [-0.3, -0.25) is 0 Å². The highest BCUT2D eigenvalue weighted by atomic mass is 14.3. The van der Waals surface area contributed by atoms with Crippen LogP contribution in [-0.2, 0) is 0 Å². The third kappa shape index (κ3) is 4.70. The normalized spacial score (nSPS) is 12.0. The molecule has 0 fully saturated rings. The molecule has 0 saturated heterocycles. The first-order valence-electron chi connectivity index (χ1n) is 20.4. The Morgan fingerprint density at radius 1 is 0.241 bits per heavy atom. The molecule has 58 heavy (non-hydrogen) atoms. The Morgan fingerprint density at radius 3 is 1.53 bits per heavy atom. The van der Waals surface area contributed by atoms with Gasteiger partial charge in [-0.1, -0.05) is 176 Å². The fourth-order valence-electron chi connectivity index (χ4n) is 10.4. The molecule has 0 aliphatic heterocycles. The summed E-state index contributed by atoms with van der Waals surface area (Å²) in [6.45, 7) is 4.47. The van der Waals surface area contributed by atoms with Crippen LogP contribution in [0.25, 0.3) is 121 Å². The standard InChI is InChI=1S/C58H38/c1-35-16-13-17-36(2)53(35)40-30-31-46-51(32-40)55(39-21-7-4-8-22-39)57-47-29-15-28-45-50-33-48(42-27-14-23-37-18-9-10-24-41(37)42)43-25-11-12-26-44(43)49(50)34-52(56(45)47)58(57)54(46)38-19-5-3-6-20-38/h3-34H,1-2H3. The lowest BCUT2D eigenvalue weighted by Crippen LogP contribution is -1.95. The fraction of sp³-hybridized carbons (Fsp3) is 0.0345. The van der Waals surface area contributed by atoms with Gasteiger partial charge in [-0.2, -0.15) is 0 Å². The van der Waals surface area contributed by atoms with Gasteiger partial charge < -0.3 is 0 Å². The summed E-state index contributed by atoms with van der Waals surface area (Å²) < 4.78 is 0. The third-order valence-corrected chi connectivity index (χ3v) is 12.8. The first-order valence-corrected chi connectivity index (χ1v) is 20.4. The summed E-state index contributed by atoms with van der Waals surface area (Å²) in [5, 5.41) is 12.9. The highest BCUT2D eigenvalue weighted by Gasteiger charge is 2.32.